The number of hydrogen-bond acceptors (Lipinski definition) is 6. The molecule has 2 saturated heterocycles. The van der Waals surface area contributed by atoms with E-state index in [9.17, 15) is 4.79 Å². The molecule has 0 radical (unpaired) electrons. The van der Waals surface area contributed by atoms with E-state index in [4.69, 9.17) is 4.52 Å². The van der Waals surface area contributed by atoms with Crippen LogP contribution in [-0.2, 0) is 11.3 Å². The molecule has 1 amide bonds. The quantitative estimate of drug-likeness (QED) is 0.746. The monoisotopic (exact) mass is 361 g/mol. The van der Waals surface area contributed by atoms with E-state index in [1.807, 2.05) is 11.0 Å². The lowest BCUT2D eigenvalue weighted by Gasteiger charge is -2.49. The zero-order valence-electron chi connectivity index (χ0n) is 16.3. The number of likely N-dealkylation sites (N-methyl/N-ethyl adjacent to an activating group) is 1. The van der Waals surface area contributed by atoms with Gasteiger partial charge >= 0.3 is 0 Å². The Morgan fingerprint density at radius 3 is 2.81 bits per heavy atom. The number of rotatable bonds is 5. The maximum atomic E-state index is 12.4. The number of carbonyl (C=O) groups excluding carboxylic acids is 1. The fourth-order valence-electron chi connectivity index (χ4n) is 4.02. The first kappa shape index (κ1) is 19.0. The van der Waals surface area contributed by atoms with Gasteiger partial charge in [-0.25, -0.2) is 0 Å². The van der Waals surface area contributed by atoms with Gasteiger partial charge in [-0.2, -0.15) is 4.98 Å². The van der Waals surface area contributed by atoms with Crippen molar-refractivity contribution >= 4 is 5.91 Å². The lowest BCUT2D eigenvalue weighted by atomic mass is 9.86. The number of hydrogen-bond donors (Lipinski definition) is 0. The SMILES string of the molecule is C=CCN1CCC2(CCC1=O)CN(Cc1nc(C(C)C)no1)CCN2C. The van der Waals surface area contributed by atoms with Crippen LogP contribution in [0.1, 0.15) is 50.7 Å². The van der Waals surface area contributed by atoms with Gasteiger partial charge in [0.2, 0.25) is 11.8 Å². The summed E-state index contributed by atoms with van der Waals surface area (Å²) in [5.41, 5.74) is 0.0325. The molecule has 2 fully saturated rings. The van der Waals surface area contributed by atoms with Crippen molar-refractivity contribution in [1.82, 2.24) is 24.8 Å². The van der Waals surface area contributed by atoms with E-state index in [2.05, 4.69) is 47.4 Å². The molecule has 1 aromatic heterocycles. The Kier molecular flexibility index (Phi) is 5.77. The van der Waals surface area contributed by atoms with Crippen LogP contribution in [0, 0.1) is 0 Å². The fourth-order valence-corrected chi connectivity index (χ4v) is 4.02. The van der Waals surface area contributed by atoms with Gasteiger partial charge in [0.1, 0.15) is 0 Å². The molecule has 3 rings (SSSR count). The van der Waals surface area contributed by atoms with E-state index in [0.717, 1.165) is 44.8 Å². The van der Waals surface area contributed by atoms with Gasteiger partial charge in [0, 0.05) is 50.6 Å². The average molecular weight is 361 g/mol. The second kappa shape index (κ2) is 7.88. The van der Waals surface area contributed by atoms with Crippen molar-refractivity contribution in [1.29, 1.82) is 0 Å². The highest BCUT2D eigenvalue weighted by Crippen LogP contribution is 2.32. The van der Waals surface area contributed by atoms with Crippen LogP contribution < -0.4 is 0 Å². The highest BCUT2D eigenvalue weighted by molar-refractivity contribution is 5.76. The van der Waals surface area contributed by atoms with E-state index in [0.29, 0.717) is 25.4 Å². The van der Waals surface area contributed by atoms with Crippen LogP contribution in [0.2, 0.25) is 0 Å². The summed E-state index contributed by atoms with van der Waals surface area (Å²) >= 11 is 0. The minimum atomic E-state index is 0.0325. The molecular weight excluding hydrogens is 330 g/mol. The summed E-state index contributed by atoms with van der Waals surface area (Å²) in [7, 11) is 2.19. The summed E-state index contributed by atoms with van der Waals surface area (Å²) < 4.78 is 5.43. The largest absolute Gasteiger partial charge is 0.339 e. The van der Waals surface area contributed by atoms with Gasteiger partial charge in [-0.15, -0.1) is 6.58 Å². The summed E-state index contributed by atoms with van der Waals surface area (Å²) in [4.78, 5) is 23.7. The number of piperazine rings is 1. The van der Waals surface area contributed by atoms with Gasteiger partial charge < -0.3 is 9.42 Å². The molecule has 2 aliphatic rings. The average Bonchev–Trinajstić information content (AvgIpc) is 3.02. The zero-order chi connectivity index (χ0) is 18.7. The Morgan fingerprint density at radius 1 is 1.31 bits per heavy atom. The molecular formula is C19H31N5O2. The van der Waals surface area contributed by atoms with Gasteiger partial charge in [-0.1, -0.05) is 25.1 Å². The topological polar surface area (TPSA) is 65.7 Å². The van der Waals surface area contributed by atoms with Crippen molar-refractivity contribution in [2.75, 3.05) is 39.8 Å². The fraction of sp³-hybridized carbons (Fsp3) is 0.737. The van der Waals surface area contributed by atoms with Gasteiger partial charge in [0.05, 0.1) is 6.54 Å². The van der Waals surface area contributed by atoms with Crippen molar-refractivity contribution < 1.29 is 9.32 Å². The molecule has 0 saturated carbocycles. The summed E-state index contributed by atoms with van der Waals surface area (Å²) in [5, 5.41) is 4.07. The molecule has 1 atom stereocenters. The smallest absolute Gasteiger partial charge is 0.240 e. The zero-order valence-corrected chi connectivity index (χ0v) is 16.3. The van der Waals surface area contributed by atoms with Gasteiger partial charge in [0.15, 0.2) is 5.82 Å². The first-order valence-electron chi connectivity index (χ1n) is 9.58. The predicted octanol–water partition coefficient (Wildman–Crippen LogP) is 1.88. The first-order chi connectivity index (χ1) is 12.4. The van der Waals surface area contributed by atoms with E-state index in [1.54, 1.807) is 0 Å². The van der Waals surface area contributed by atoms with Crippen LogP contribution >= 0.6 is 0 Å². The van der Waals surface area contributed by atoms with Crippen molar-refractivity contribution in [2.45, 2.75) is 51.1 Å². The second-order valence-electron chi connectivity index (χ2n) is 7.94. The molecule has 7 nitrogen and oxygen atoms in total. The molecule has 0 bridgehead atoms. The number of aromatic nitrogens is 2. The summed E-state index contributed by atoms with van der Waals surface area (Å²) in [6.45, 7) is 12.9. The Morgan fingerprint density at radius 2 is 2.12 bits per heavy atom. The van der Waals surface area contributed by atoms with E-state index >= 15 is 0 Å². The molecule has 0 aliphatic carbocycles. The molecule has 144 valence electrons. The summed E-state index contributed by atoms with van der Waals surface area (Å²) in [5.74, 6) is 1.97. The number of likely N-dealkylation sites (tertiary alicyclic amines) is 1. The standard InChI is InChI=1S/C19H31N5O2/c1-5-9-24-10-8-19(7-6-17(24)25)14-23(12-11-22(19)4)13-16-20-18(15(2)3)21-26-16/h5,15H,1,6-14H2,2-4H3. The van der Waals surface area contributed by atoms with Crippen LogP contribution in [0.5, 0.6) is 0 Å². The molecule has 1 spiro atoms. The highest BCUT2D eigenvalue weighted by Gasteiger charge is 2.42. The molecule has 1 unspecified atom stereocenters. The van der Waals surface area contributed by atoms with Gasteiger partial charge in [-0.3, -0.25) is 14.6 Å². The third kappa shape index (κ3) is 3.99. The lowest BCUT2D eigenvalue weighted by molar-refractivity contribution is -0.130. The maximum Gasteiger partial charge on any atom is 0.240 e. The second-order valence-corrected chi connectivity index (χ2v) is 7.94. The first-order valence-corrected chi connectivity index (χ1v) is 9.58. The molecule has 1 aromatic rings. The minimum Gasteiger partial charge on any atom is -0.339 e. The normalized spacial score (nSPS) is 25.8. The summed E-state index contributed by atoms with van der Waals surface area (Å²) in [6.07, 6.45) is 4.30. The Labute approximate surface area is 156 Å². The Hall–Kier alpha value is -1.73. The van der Waals surface area contributed by atoms with Crippen molar-refractivity contribution in [3.63, 3.8) is 0 Å². The van der Waals surface area contributed by atoms with Crippen molar-refractivity contribution in [3.05, 3.63) is 24.4 Å². The van der Waals surface area contributed by atoms with Crippen LogP contribution in [0.15, 0.2) is 17.2 Å². The number of carbonyl (C=O) groups is 1. The number of amides is 1. The Balaban J connectivity index is 1.68. The molecule has 7 heteroatoms. The van der Waals surface area contributed by atoms with Crippen molar-refractivity contribution in [2.24, 2.45) is 0 Å². The van der Waals surface area contributed by atoms with E-state index < -0.39 is 0 Å². The predicted molar refractivity (Wildman–Crippen MR) is 99.7 cm³/mol. The molecule has 2 aliphatic heterocycles. The third-order valence-electron chi connectivity index (χ3n) is 5.79. The van der Waals surface area contributed by atoms with Gasteiger partial charge in [-0.05, 0) is 19.9 Å². The van der Waals surface area contributed by atoms with Crippen LogP contribution in [0.4, 0.5) is 0 Å². The van der Waals surface area contributed by atoms with Crippen LogP contribution in [-0.4, -0.2) is 76.1 Å². The molecule has 0 N–H and O–H groups in total. The number of nitrogens with zero attached hydrogens (tertiary/aromatic N) is 5. The van der Waals surface area contributed by atoms with Crippen molar-refractivity contribution in [3.8, 4) is 0 Å². The summed E-state index contributed by atoms with van der Waals surface area (Å²) in [6, 6.07) is 0. The minimum absolute atomic E-state index is 0.0325. The lowest BCUT2D eigenvalue weighted by Crippen LogP contribution is -2.60. The molecule has 26 heavy (non-hydrogen) atoms. The van der Waals surface area contributed by atoms with Crippen LogP contribution in [0.25, 0.3) is 0 Å². The maximum absolute atomic E-state index is 12.4. The van der Waals surface area contributed by atoms with E-state index in [-0.39, 0.29) is 17.4 Å². The Bertz CT molecular complexity index is 644. The third-order valence-corrected chi connectivity index (χ3v) is 5.79. The van der Waals surface area contributed by atoms with E-state index in [1.165, 1.54) is 0 Å². The van der Waals surface area contributed by atoms with Gasteiger partial charge in [0.25, 0.3) is 0 Å². The molecule has 0 aromatic carbocycles. The highest BCUT2D eigenvalue weighted by atomic mass is 16.5. The van der Waals surface area contributed by atoms with Crippen LogP contribution in [0.3, 0.4) is 0 Å². The molecule has 3 heterocycles.